The lowest BCUT2D eigenvalue weighted by Crippen LogP contribution is -2.12. The van der Waals surface area contributed by atoms with Gasteiger partial charge in [-0.3, -0.25) is 4.79 Å². The molecular formula is C29H24N2O2. The fraction of sp³-hybridized carbons (Fsp3) is 0.103. The number of anilines is 1. The summed E-state index contributed by atoms with van der Waals surface area (Å²) in [5, 5.41) is 3.04. The minimum absolute atomic E-state index is 0.154. The molecule has 0 unspecified atom stereocenters. The molecule has 4 aromatic carbocycles. The Morgan fingerprint density at radius 1 is 0.727 bits per heavy atom. The summed E-state index contributed by atoms with van der Waals surface area (Å²) in [4.78, 5) is 17.6. The molecule has 0 aliphatic rings. The molecule has 1 N–H and O–H groups in total. The van der Waals surface area contributed by atoms with Crippen LogP contribution in [-0.4, -0.2) is 10.9 Å². The van der Waals surface area contributed by atoms with Crippen molar-refractivity contribution in [3.63, 3.8) is 0 Å². The molecule has 4 nitrogen and oxygen atoms in total. The molecule has 162 valence electrons. The number of oxazole rings is 1. The molecule has 1 heterocycles. The zero-order chi connectivity index (χ0) is 22.9. The number of amides is 1. The number of rotatable bonds is 4. The Balaban J connectivity index is 1.40. The van der Waals surface area contributed by atoms with Gasteiger partial charge in [0.05, 0.1) is 0 Å². The first-order chi connectivity index (χ1) is 16.0. The first-order valence-corrected chi connectivity index (χ1v) is 10.9. The van der Waals surface area contributed by atoms with Crippen molar-refractivity contribution >= 4 is 22.7 Å². The van der Waals surface area contributed by atoms with Crippen LogP contribution in [0.25, 0.3) is 33.7 Å². The SMILES string of the molecule is Cc1cc2nc(-c3ccc(C)c(NC(=O)c4ccc(-c5ccccc5)cc4)c3)oc2cc1C. The summed E-state index contributed by atoms with van der Waals surface area (Å²) in [5.41, 5.74) is 9.26. The van der Waals surface area contributed by atoms with Crippen LogP contribution in [0.5, 0.6) is 0 Å². The van der Waals surface area contributed by atoms with Crippen LogP contribution in [0.3, 0.4) is 0 Å². The van der Waals surface area contributed by atoms with E-state index in [0.717, 1.165) is 39.0 Å². The van der Waals surface area contributed by atoms with Crippen molar-refractivity contribution in [2.45, 2.75) is 20.8 Å². The number of hydrogen-bond acceptors (Lipinski definition) is 3. The monoisotopic (exact) mass is 432 g/mol. The Morgan fingerprint density at radius 3 is 2.15 bits per heavy atom. The van der Waals surface area contributed by atoms with Gasteiger partial charge in [0.25, 0.3) is 5.91 Å². The van der Waals surface area contributed by atoms with E-state index in [1.165, 1.54) is 11.1 Å². The van der Waals surface area contributed by atoms with Crippen LogP contribution in [0.15, 0.2) is 89.3 Å². The highest BCUT2D eigenvalue weighted by atomic mass is 16.3. The first kappa shape index (κ1) is 20.7. The van der Waals surface area contributed by atoms with Crippen molar-refractivity contribution in [1.29, 1.82) is 0 Å². The van der Waals surface area contributed by atoms with Crippen LogP contribution >= 0.6 is 0 Å². The summed E-state index contributed by atoms with van der Waals surface area (Å²) in [6, 6.07) is 27.6. The zero-order valence-electron chi connectivity index (χ0n) is 18.8. The Bertz CT molecular complexity index is 1430. The van der Waals surface area contributed by atoms with Gasteiger partial charge in [-0.1, -0.05) is 48.5 Å². The fourth-order valence-electron chi connectivity index (χ4n) is 3.83. The molecule has 0 bridgehead atoms. The number of nitrogens with zero attached hydrogens (tertiary/aromatic N) is 1. The predicted octanol–water partition coefficient (Wildman–Crippen LogP) is 7.34. The van der Waals surface area contributed by atoms with Gasteiger partial charge in [0, 0.05) is 16.8 Å². The molecule has 0 aliphatic carbocycles. The third-order valence-corrected chi connectivity index (χ3v) is 5.99. The third-order valence-electron chi connectivity index (χ3n) is 5.99. The number of carbonyl (C=O) groups is 1. The van der Waals surface area contributed by atoms with Gasteiger partial charge >= 0.3 is 0 Å². The maximum Gasteiger partial charge on any atom is 0.255 e. The molecule has 0 radical (unpaired) electrons. The molecule has 0 aliphatic heterocycles. The fourth-order valence-corrected chi connectivity index (χ4v) is 3.83. The summed E-state index contributed by atoms with van der Waals surface area (Å²) in [5.74, 6) is 0.386. The maximum absolute atomic E-state index is 12.9. The van der Waals surface area contributed by atoms with E-state index in [1.807, 2.05) is 79.7 Å². The molecular weight excluding hydrogens is 408 g/mol. The van der Waals surface area contributed by atoms with Crippen molar-refractivity contribution in [2.24, 2.45) is 0 Å². The lowest BCUT2D eigenvalue weighted by molar-refractivity contribution is 0.102. The van der Waals surface area contributed by atoms with Gasteiger partial charge in [0.2, 0.25) is 5.89 Å². The normalized spacial score (nSPS) is 11.0. The maximum atomic E-state index is 12.9. The summed E-state index contributed by atoms with van der Waals surface area (Å²) in [6.07, 6.45) is 0. The summed E-state index contributed by atoms with van der Waals surface area (Å²) in [6.45, 7) is 6.09. The van der Waals surface area contributed by atoms with E-state index < -0.39 is 0 Å². The molecule has 4 heteroatoms. The van der Waals surface area contributed by atoms with Crippen molar-refractivity contribution in [1.82, 2.24) is 4.98 Å². The van der Waals surface area contributed by atoms with E-state index in [2.05, 4.69) is 36.3 Å². The van der Waals surface area contributed by atoms with Crippen LogP contribution in [-0.2, 0) is 0 Å². The summed E-state index contributed by atoms with van der Waals surface area (Å²) >= 11 is 0. The lowest BCUT2D eigenvalue weighted by Gasteiger charge is -2.10. The second kappa shape index (κ2) is 8.40. The van der Waals surface area contributed by atoms with E-state index in [1.54, 1.807) is 0 Å². The van der Waals surface area contributed by atoms with Gasteiger partial charge in [-0.2, -0.15) is 0 Å². The molecule has 33 heavy (non-hydrogen) atoms. The molecule has 0 saturated heterocycles. The highest BCUT2D eigenvalue weighted by Crippen LogP contribution is 2.29. The van der Waals surface area contributed by atoms with Crippen molar-refractivity contribution in [3.8, 4) is 22.6 Å². The second-order valence-corrected chi connectivity index (χ2v) is 8.35. The Morgan fingerprint density at radius 2 is 1.39 bits per heavy atom. The Labute approximate surface area is 192 Å². The second-order valence-electron chi connectivity index (χ2n) is 8.35. The quantitative estimate of drug-likeness (QED) is 0.323. The average Bonchev–Trinajstić information content (AvgIpc) is 3.24. The topological polar surface area (TPSA) is 55.1 Å². The van der Waals surface area contributed by atoms with E-state index in [4.69, 9.17) is 4.42 Å². The van der Waals surface area contributed by atoms with Crippen LogP contribution in [0.4, 0.5) is 5.69 Å². The highest BCUT2D eigenvalue weighted by Gasteiger charge is 2.13. The Hall–Kier alpha value is -4.18. The average molecular weight is 433 g/mol. The third kappa shape index (κ3) is 4.15. The van der Waals surface area contributed by atoms with Gasteiger partial charge in [-0.05, 0) is 85.0 Å². The van der Waals surface area contributed by atoms with E-state index in [-0.39, 0.29) is 5.91 Å². The first-order valence-electron chi connectivity index (χ1n) is 10.9. The largest absolute Gasteiger partial charge is 0.436 e. The van der Waals surface area contributed by atoms with Gasteiger partial charge < -0.3 is 9.73 Å². The smallest absolute Gasteiger partial charge is 0.255 e. The predicted molar refractivity (Wildman–Crippen MR) is 133 cm³/mol. The molecule has 5 rings (SSSR count). The van der Waals surface area contributed by atoms with Crippen LogP contribution < -0.4 is 5.32 Å². The summed E-state index contributed by atoms with van der Waals surface area (Å²) in [7, 11) is 0. The van der Waals surface area contributed by atoms with Crippen molar-refractivity contribution in [2.75, 3.05) is 5.32 Å². The number of fused-ring (bicyclic) bond motifs is 1. The molecule has 0 saturated carbocycles. The van der Waals surface area contributed by atoms with E-state index >= 15 is 0 Å². The van der Waals surface area contributed by atoms with Crippen molar-refractivity contribution in [3.05, 3.63) is 107 Å². The number of hydrogen-bond donors (Lipinski definition) is 1. The zero-order valence-corrected chi connectivity index (χ0v) is 18.8. The molecule has 0 fully saturated rings. The Kier molecular flexibility index (Phi) is 5.27. The van der Waals surface area contributed by atoms with E-state index in [0.29, 0.717) is 11.5 Å². The minimum Gasteiger partial charge on any atom is -0.436 e. The number of carbonyl (C=O) groups excluding carboxylic acids is 1. The summed E-state index contributed by atoms with van der Waals surface area (Å²) < 4.78 is 6.01. The number of aromatic nitrogens is 1. The lowest BCUT2D eigenvalue weighted by atomic mass is 10.0. The van der Waals surface area contributed by atoms with Gasteiger partial charge in [0.1, 0.15) is 5.52 Å². The van der Waals surface area contributed by atoms with E-state index in [9.17, 15) is 4.79 Å². The standard InChI is InChI=1S/C29H24N2O2/c1-18-9-10-24(29-31-26-15-19(2)20(3)16-27(26)33-29)17-25(18)30-28(32)23-13-11-22(12-14-23)21-7-5-4-6-8-21/h4-17H,1-3H3,(H,30,32). The van der Waals surface area contributed by atoms with Crippen LogP contribution in [0.2, 0.25) is 0 Å². The van der Waals surface area contributed by atoms with Gasteiger partial charge in [-0.15, -0.1) is 0 Å². The van der Waals surface area contributed by atoms with Crippen LogP contribution in [0, 0.1) is 20.8 Å². The molecule has 0 atom stereocenters. The van der Waals surface area contributed by atoms with Crippen molar-refractivity contribution < 1.29 is 9.21 Å². The highest BCUT2D eigenvalue weighted by molar-refractivity contribution is 6.05. The number of aryl methyl sites for hydroxylation is 3. The van der Waals surface area contributed by atoms with Gasteiger partial charge in [-0.25, -0.2) is 4.98 Å². The molecule has 0 spiro atoms. The number of nitrogens with one attached hydrogen (secondary N) is 1. The minimum atomic E-state index is -0.154. The van der Waals surface area contributed by atoms with Crippen LogP contribution in [0.1, 0.15) is 27.0 Å². The van der Waals surface area contributed by atoms with Gasteiger partial charge in [0.15, 0.2) is 5.58 Å². The number of benzene rings is 4. The molecule has 5 aromatic rings. The molecule has 1 aromatic heterocycles. The molecule has 1 amide bonds.